The molecule has 212 valence electrons. The summed E-state index contributed by atoms with van der Waals surface area (Å²) in [6, 6.07) is 8.10. The van der Waals surface area contributed by atoms with Crippen molar-refractivity contribution in [3.05, 3.63) is 46.5 Å². The maximum absolute atomic E-state index is 13.6. The van der Waals surface area contributed by atoms with Gasteiger partial charge in [0.25, 0.3) is 0 Å². The number of ether oxygens (including phenoxy) is 2. The number of aliphatic carboxylic acids is 1. The molecule has 39 heavy (non-hydrogen) atoms. The molecule has 1 aromatic rings. The average molecular weight is 556 g/mol. The number of allylic oxidation sites excluding steroid dienone is 1. The quantitative estimate of drug-likeness (QED) is 0.321. The Bertz CT molecular complexity index is 1180. The van der Waals surface area contributed by atoms with Crippen LogP contribution in [0.25, 0.3) is 0 Å². The molecule has 0 radical (unpaired) electrons. The van der Waals surface area contributed by atoms with E-state index in [4.69, 9.17) is 21.1 Å². The first-order valence-corrected chi connectivity index (χ1v) is 15.1. The predicted molar refractivity (Wildman–Crippen MR) is 149 cm³/mol. The smallest absolute Gasteiger partial charge is 0.315 e. The highest BCUT2D eigenvalue weighted by molar-refractivity contribution is 6.31. The van der Waals surface area contributed by atoms with Gasteiger partial charge in [0.05, 0.1) is 25.2 Å². The van der Waals surface area contributed by atoms with Crippen molar-refractivity contribution in [2.45, 2.75) is 72.3 Å². The SMILES string of the molecule is CC(C)C1=C[C@H]2C[C@]3(C=O)[C@@H]4CC[C@@H](C)[C@H]4C[C@@]2(CO[C@H]2CN(Cc4ccccc4Cl)[C@H](C)CO2)[C@]13C(=O)O. The Labute approximate surface area is 237 Å². The van der Waals surface area contributed by atoms with E-state index in [-0.39, 0.29) is 23.8 Å². The summed E-state index contributed by atoms with van der Waals surface area (Å²) in [5.41, 5.74) is -0.714. The van der Waals surface area contributed by atoms with E-state index in [0.717, 1.165) is 41.7 Å². The first-order valence-electron chi connectivity index (χ1n) is 14.7. The highest BCUT2D eigenvalue weighted by atomic mass is 35.5. The third-order valence-electron chi connectivity index (χ3n) is 11.5. The largest absolute Gasteiger partial charge is 0.481 e. The van der Waals surface area contributed by atoms with Gasteiger partial charge >= 0.3 is 5.97 Å². The lowest BCUT2D eigenvalue weighted by molar-refractivity contribution is -0.229. The Morgan fingerprint density at radius 3 is 2.72 bits per heavy atom. The van der Waals surface area contributed by atoms with Gasteiger partial charge in [-0.25, -0.2) is 0 Å². The van der Waals surface area contributed by atoms with Crippen LogP contribution in [0.4, 0.5) is 0 Å². The number of carboxylic acid groups (broad SMARTS) is 1. The van der Waals surface area contributed by atoms with E-state index in [2.05, 4.69) is 38.7 Å². The molecule has 0 aromatic heterocycles. The minimum atomic E-state index is -1.22. The van der Waals surface area contributed by atoms with Crippen molar-refractivity contribution in [2.24, 2.45) is 45.8 Å². The van der Waals surface area contributed by atoms with Crippen LogP contribution in [0.1, 0.15) is 58.9 Å². The van der Waals surface area contributed by atoms with Crippen molar-refractivity contribution in [1.29, 1.82) is 0 Å². The number of benzene rings is 1. The Kier molecular flexibility index (Phi) is 6.81. The van der Waals surface area contributed by atoms with E-state index in [0.29, 0.717) is 44.6 Å². The molecule has 7 heteroatoms. The van der Waals surface area contributed by atoms with E-state index < -0.39 is 28.5 Å². The van der Waals surface area contributed by atoms with Crippen LogP contribution >= 0.6 is 11.6 Å². The van der Waals surface area contributed by atoms with Crippen molar-refractivity contribution in [3.63, 3.8) is 0 Å². The Morgan fingerprint density at radius 2 is 2.03 bits per heavy atom. The molecular formula is C32H42ClNO5. The fourth-order valence-electron chi connectivity index (χ4n) is 9.82. The van der Waals surface area contributed by atoms with Crippen molar-refractivity contribution in [2.75, 3.05) is 19.8 Å². The van der Waals surface area contributed by atoms with Crippen LogP contribution in [0.5, 0.6) is 0 Å². The molecule has 6 nitrogen and oxygen atoms in total. The summed E-state index contributed by atoms with van der Waals surface area (Å²) >= 11 is 6.46. The maximum atomic E-state index is 13.6. The molecule has 6 rings (SSSR count). The summed E-state index contributed by atoms with van der Waals surface area (Å²) in [7, 11) is 0. The number of rotatable bonds is 8. The Morgan fingerprint density at radius 1 is 1.26 bits per heavy atom. The molecule has 4 aliphatic carbocycles. The zero-order valence-electron chi connectivity index (χ0n) is 23.6. The van der Waals surface area contributed by atoms with Gasteiger partial charge in [-0.05, 0) is 67.4 Å². The van der Waals surface area contributed by atoms with Crippen molar-refractivity contribution < 1.29 is 24.2 Å². The summed E-state index contributed by atoms with van der Waals surface area (Å²) in [5, 5.41) is 11.9. The summed E-state index contributed by atoms with van der Waals surface area (Å²) in [6.45, 7) is 10.7. The van der Waals surface area contributed by atoms with Gasteiger partial charge in [-0.15, -0.1) is 0 Å². The number of nitrogens with zero attached hydrogens (tertiary/aromatic N) is 1. The summed E-state index contributed by atoms with van der Waals surface area (Å²) in [5.74, 6) is 0.196. The van der Waals surface area contributed by atoms with E-state index >= 15 is 0 Å². The monoisotopic (exact) mass is 555 g/mol. The number of hydrogen-bond acceptors (Lipinski definition) is 5. The highest BCUT2D eigenvalue weighted by Gasteiger charge is 2.84. The van der Waals surface area contributed by atoms with Crippen molar-refractivity contribution >= 4 is 23.9 Å². The number of aldehydes is 1. The molecule has 0 amide bonds. The lowest BCUT2D eigenvalue weighted by Gasteiger charge is -2.58. The van der Waals surface area contributed by atoms with Crippen LogP contribution in [-0.4, -0.2) is 54.4 Å². The molecule has 4 fully saturated rings. The van der Waals surface area contributed by atoms with E-state index in [9.17, 15) is 14.7 Å². The molecule has 1 aromatic carbocycles. The summed E-state index contributed by atoms with van der Waals surface area (Å²) < 4.78 is 12.8. The van der Waals surface area contributed by atoms with Gasteiger partial charge < -0.3 is 19.4 Å². The lowest BCUT2D eigenvalue weighted by Crippen LogP contribution is -2.64. The fraction of sp³-hybridized carbons (Fsp3) is 0.688. The maximum Gasteiger partial charge on any atom is 0.315 e. The van der Waals surface area contributed by atoms with Gasteiger partial charge in [0.2, 0.25) is 0 Å². The number of carbonyl (C=O) groups excluding carboxylic acids is 1. The molecule has 1 saturated heterocycles. The molecule has 9 atom stereocenters. The van der Waals surface area contributed by atoms with E-state index in [1.165, 1.54) is 0 Å². The fourth-order valence-corrected chi connectivity index (χ4v) is 10.0. The average Bonchev–Trinajstić information content (AvgIpc) is 3.48. The van der Waals surface area contributed by atoms with Gasteiger partial charge in [0, 0.05) is 23.0 Å². The van der Waals surface area contributed by atoms with Crippen LogP contribution in [0.15, 0.2) is 35.9 Å². The minimum Gasteiger partial charge on any atom is -0.481 e. The number of carbonyl (C=O) groups is 2. The second-order valence-corrected chi connectivity index (χ2v) is 13.8. The first kappa shape index (κ1) is 27.4. The molecule has 5 aliphatic rings. The third-order valence-corrected chi connectivity index (χ3v) is 11.9. The molecular weight excluding hydrogens is 514 g/mol. The minimum absolute atomic E-state index is 0.0238. The molecule has 4 bridgehead atoms. The molecule has 0 spiro atoms. The molecule has 0 unspecified atom stereocenters. The van der Waals surface area contributed by atoms with Crippen LogP contribution < -0.4 is 0 Å². The second kappa shape index (κ2) is 9.68. The van der Waals surface area contributed by atoms with E-state index in [1.807, 2.05) is 24.3 Å². The third kappa shape index (κ3) is 3.63. The zero-order chi connectivity index (χ0) is 27.7. The van der Waals surface area contributed by atoms with Crippen molar-refractivity contribution in [3.8, 4) is 0 Å². The second-order valence-electron chi connectivity index (χ2n) is 13.4. The Hall–Kier alpha value is -1.73. The topological polar surface area (TPSA) is 76.1 Å². The van der Waals surface area contributed by atoms with Gasteiger partial charge in [-0.3, -0.25) is 9.69 Å². The Balaban J connectivity index is 1.31. The van der Waals surface area contributed by atoms with Gasteiger partial charge in [-0.1, -0.05) is 68.6 Å². The van der Waals surface area contributed by atoms with Crippen molar-refractivity contribution in [1.82, 2.24) is 4.90 Å². The number of morpholine rings is 1. The predicted octanol–water partition coefficient (Wildman–Crippen LogP) is 5.83. The highest BCUT2D eigenvalue weighted by Crippen LogP contribution is 2.82. The summed E-state index contributed by atoms with van der Waals surface area (Å²) in [4.78, 5) is 29.2. The van der Waals surface area contributed by atoms with Crippen LogP contribution in [0.3, 0.4) is 0 Å². The van der Waals surface area contributed by atoms with E-state index in [1.54, 1.807) is 0 Å². The number of hydrogen-bond donors (Lipinski definition) is 1. The number of carboxylic acids is 1. The molecule has 1 heterocycles. The summed E-state index contributed by atoms with van der Waals surface area (Å²) in [6.07, 6.45) is 6.25. The van der Waals surface area contributed by atoms with Crippen LogP contribution in [0, 0.1) is 45.8 Å². The molecule has 1 N–H and O–H groups in total. The van der Waals surface area contributed by atoms with Gasteiger partial charge in [0.15, 0.2) is 6.29 Å². The normalized spacial score (nSPS) is 43.0. The standard InChI is InChI=1S/C32H42ClNO5/c1-19(2)26-11-23-12-30(17-35)25-10-9-20(3)24(25)13-31(23,32(26,30)29(36)37)18-39-28-15-34(21(4)16-38-28)14-22-7-5-6-8-27(22)33/h5-8,11,17,19-21,23-25,28H,9-10,12-16,18H2,1-4H3,(H,36,37)/t20-,21-,23+,24-,25-,28+,30+,31+,32+/m1/s1. The lowest BCUT2D eigenvalue weighted by atomic mass is 9.43. The first-order chi connectivity index (χ1) is 18.6. The van der Waals surface area contributed by atoms with Gasteiger partial charge in [-0.2, -0.15) is 0 Å². The zero-order valence-corrected chi connectivity index (χ0v) is 24.3. The number of fused-ring (bicyclic) bond motifs is 2. The van der Waals surface area contributed by atoms with Crippen LogP contribution in [-0.2, 0) is 25.6 Å². The molecule has 3 saturated carbocycles. The van der Waals surface area contributed by atoms with Gasteiger partial charge in [0.1, 0.15) is 11.7 Å². The molecule has 1 aliphatic heterocycles. The van der Waals surface area contributed by atoms with Crippen LogP contribution in [0.2, 0.25) is 5.02 Å². The number of halogens is 1.